The van der Waals surface area contributed by atoms with E-state index in [0.29, 0.717) is 12.6 Å². The van der Waals surface area contributed by atoms with Crippen LogP contribution >= 0.6 is 0 Å². The van der Waals surface area contributed by atoms with E-state index < -0.39 is 0 Å². The summed E-state index contributed by atoms with van der Waals surface area (Å²) in [5, 5.41) is 3.61. The Kier molecular flexibility index (Phi) is 6.63. The number of hydrogen-bond donors (Lipinski definition) is 1. The summed E-state index contributed by atoms with van der Waals surface area (Å²) in [6, 6.07) is 7.42. The highest BCUT2D eigenvalue weighted by atomic mass is 19.1. The van der Waals surface area contributed by atoms with E-state index >= 15 is 0 Å². The number of hydrogen-bond acceptors (Lipinski definition) is 2. The zero-order valence-corrected chi connectivity index (χ0v) is 13.5. The first kappa shape index (κ1) is 17.1. The van der Waals surface area contributed by atoms with Gasteiger partial charge in [-0.15, -0.1) is 0 Å². The molecule has 0 radical (unpaired) electrons. The van der Waals surface area contributed by atoms with Crippen molar-refractivity contribution in [1.82, 2.24) is 10.2 Å². The Bertz CT molecular complexity index is 398. The summed E-state index contributed by atoms with van der Waals surface area (Å²) in [7, 11) is 2.05. The highest BCUT2D eigenvalue weighted by molar-refractivity contribution is 5.17. The van der Waals surface area contributed by atoms with Crippen LogP contribution in [-0.4, -0.2) is 31.1 Å². The molecule has 0 amide bonds. The molecule has 0 aromatic heterocycles. The van der Waals surface area contributed by atoms with Gasteiger partial charge in [-0.25, -0.2) is 4.39 Å². The number of nitrogens with one attached hydrogen (secondary N) is 1. The lowest BCUT2D eigenvalue weighted by Crippen LogP contribution is -2.47. The van der Waals surface area contributed by atoms with E-state index in [2.05, 4.69) is 45.0 Å². The summed E-state index contributed by atoms with van der Waals surface area (Å²) < 4.78 is 13.7. The molecule has 0 aliphatic rings. The molecule has 0 bridgehead atoms. The molecule has 0 aliphatic carbocycles. The highest BCUT2D eigenvalue weighted by Gasteiger charge is 2.25. The van der Waals surface area contributed by atoms with Gasteiger partial charge in [0.05, 0.1) is 0 Å². The van der Waals surface area contributed by atoms with Gasteiger partial charge in [0.25, 0.3) is 0 Å². The van der Waals surface area contributed by atoms with Gasteiger partial charge in [0, 0.05) is 24.7 Å². The van der Waals surface area contributed by atoms with Crippen LogP contribution in [0.2, 0.25) is 0 Å². The first-order valence-electron chi connectivity index (χ1n) is 7.50. The van der Waals surface area contributed by atoms with E-state index in [-0.39, 0.29) is 11.2 Å². The molecule has 114 valence electrons. The number of rotatable bonds is 7. The van der Waals surface area contributed by atoms with Crippen LogP contribution in [-0.2, 0) is 6.54 Å². The predicted molar refractivity (Wildman–Crippen MR) is 84.3 cm³/mol. The Labute approximate surface area is 123 Å². The van der Waals surface area contributed by atoms with Crippen molar-refractivity contribution in [3.05, 3.63) is 35.6 Å². The van der Waals surface area contributed by atoms with Crippen molar-refractivity contribution in [3.8, 4) is 0 Å². The molecule has 0 aliphatic heterocycles. The lowest BCUT2D eigenvalue weighted by atomic mass is 9.86. The molecule has 1 unspecified atom stereocenters. The van der Waals surface area contributed by atoms with Crippen molar-refractivity contribution in [1.29, 1.82) is 0 Å². The van der Waals surface area contributed by atoms with Gasteiger partial charge in [-0.3, -0.25) is 0 Å². The first-order valence-corrected chi connectivity index (χ1v) is 7.50. The zero-order valence-electron chi connectivity index (χ0n) is 13.5. The quantitative estimate of drug-likeness (QED) is 0.820. The number of benzene rings is 1. The van der Waals surface area contributed by atoms with E-state index in [1.54, 1.807) is 6.07 Å². The monoisotopic (exact) mass is 280 g/mol. The van der Waals surface area contributed by atoms with Crippen molar-refractivity contribution < 1.29 is 4.39 Å². The molecule has 0 saturated heterocycles. The van der Waals surface area contributed by atoms with Crippen molar-refractivity contribution in [3.63, 3.8) is 0 Å². The molecule has 1 rings (SSSR count). The van der Waals surface area contributed by atoms with Gasteiger partial charge >= 0.3 is 0 Å². The van der Waals surface area contributed by atoms with Crippen molar-refractivity contribution in [2.75, 3.05) is 20.1 Å². The largest absolute Gasteiger partial charge is 0.312 e. The van der Waals surface area contributed by atoms with Gasteiger partial charge in [-0.2, -0.15) is 0 Å². The van der Waals surface area contributed by atoms with Crippen LogP contribution in [0.3, 0.4) is 0 Å². The second-order valence-corrected chi connectivity index (χ2v) is 6.66. The maximum absolute atomic E-state index is 13.7. The Hall–Kier alpha value is -0.930. The highest BCUT2D eigenvalue weighted by Crippen LogP contribution is 2.20. The molecule has 1 atom stereocenters. The molecule has 0 fully saturated rings. The van der Waals surface area contributed by atoms with Crippen molar-refractivity contribution in [2.45, 2.75) is 46.7 Å². The number of likely N-dealkylation sites (N-methyl/N-ethyl adjacent to an activating group) is 1. The SMILES string of the molecule is CCCNC(CN(C)Cc1ccccc1F)C(C)(C)C. The van der Waals surface area contributed by atoms with Crippen LogP contribution in [0, 0.1) is 11.2 Å². The Morgan fingerprint density at radius 2 is 1.90 bits per heavy atom. The molecule has 20 heavy (non-hydrogen) atoms. The third kappa shape index (κ3) is 5.59. The maximum atomic E-state index is 13.7. The topological polar surface area (TPSA) is 15.3 Å². The molecule has 1 aromatic rings. The molecular weight excluding hydrogens is 251 g/mol. The predicted octanol–water partition coefficient (Wildman–Crippen LogP) is 3.67. The second kappa shape index (κ2) is 7.75. The fourth-order valence-electron chi connectivity index (χ4n) is 2.26. The minimum absolute atomic E-state index is 0.117. The van der Waals surface area contributed by atoms with E-state index in [4.69, 9.17) is 0 Å². The number of nitrogens with zero attached hydrogens (tertiary/aromatic N) is 1. The van der Waals surface area contributed by atoms with Crippen molar-refractivity contribution in [2.24, 2.45) is 5.41 Å². The first-order chi connectivity index (χ1) is 9.34. The number of halogens is 1. The van der Waals surface area contributed by atoms with Gasteiger partial charge in [0.2, 0.25) is 0 Å². The molecule has 3 heteroatoms. The summed E-state index contributed by atoms with van der Waals surface area (Å²) in [6.07, 6.45) is 1.13. The fourth-order valence-corrected chi connectivity index (χ4v) is 2.26. The average molecular weight is 280 g/mol. The maximum Gasteiger partial charge on any atom is 0.127 e. The van der Waals surface area contributed by atoms with Crippen molar-refractivity contribution >= 4 is 0 Å². The Morgan fingerprint density at radius 3 is 2.45 bits per heavy atom. The van der Waals surface area contributed by atoms with Gasteiger partial charge in [0.1, 0.15) is 5.82 Å². The van der Waals surface area contributed by atoms with Crippen LogP contribution in [0.4, 0.5) is 4.39 Å². The van der Waals surface area contributed by atoms with E-state index in [1.165, 1.54) is 6.07 Å². The van der Waals surface area contributed by atoms with Gasteiger partial charge in [0.15, 0.2) is 0 Å². The van der Waals surface area contributed by atoms with Crippen LogP contribution in [0.1, 0.15) is 39.7 Å². The molecular formula is C17H29FN2. The lowest BCUT2D eigenvalue weighted by Gasteiger charge is -2.35. The van der Waals surface area contributed by atoms with Crippen LogP contribution in [0.25, 0.3) is 0 Å². The lowest BCUT2D eigenvalue weighted by molar-refractivity contribution is 0.189. The van der Waals surface area contributed by atoms with Crippen LogP contribution in [0.15, 0.2) is 24.3 Å². The molecule has 0 saturated carbocycles. The molecule has 0 heterocycles. The minimum atomic E-state index is -0.117. The Morgan fingerprint density at radius 1 is 1.25 bits per heavy atom. The molecule has 2 nitrogen and oxygen atoms in total. The Balaban J connectivity index is 2.62. The van der Waals surface area contributed by atoms with E-state index in [0.717, 1.165) is 25.1 Å². The summed E-state index contributed by atoms with van der Waals surface area (Å²) >= 11 is 0. The zero-order chi connectivity index (χ0) is 15.2. The second-order valence-electron chi connectivity index (χ2n) is 6.66. The smallest absolute Gasteiger partial charge is 0.127 e. The van der Waals surface area contributed by atoms with Gasteiger partial charge < -0.3 is 10.2 Å². The summed E-state index contributed by atoms with van der Waals surface area (Å²) in [4.78, 5) is 2.19. The van der Waals surface area contributed by atoms with E-state index in [1.807, 2.05) is 12.1 Å². The van der Waals surface area contributed by atoms with Crippen LogP contribution < -0.4 is 5.32 Å². The third-order valence-corrected chi connectivity index (χ3v) is 3.58. The molecule has 0 spiro atoms. The summed E-state index contributed by atoms with van der Waals surface area (Å²) in [5.41, 5.74) is 0.955. The molecule has 1 N–H and O–H groups in total. The average Bonchev–Trinajstić information content (AvgIpc) is 2.36. The summed E-state index contributed by atoms with van der Waals surface area (Å²) in [6.45, 7) is 11.5. The minimum Gasteiger partial charge on any atom is -0.312 e. The van der Waals surface area contributed by atoms with Gasteiger partial charge in [-0.1, -0.05) is 45.9 Å². The summed E-state index contributed by atoms with van der Waals surface area (Å²) in [5.74, 6) is -0.117. The molecule has 1 aromatic carbocycles. The third-order valence-electron chi connectivity index (χ3n) is 3.58. The van der Waals surface area contributed by atoms with Crippen LogP contribution in [0.5, 0.6) is 0 Å². The van der Waals surface area contributed by atoms with Gasteiger partial charge in [-0.05, 0) is 31.5 Å². The fraction of sp³-hybridized carbons (Fsp3) is 0.647. The standard InChI is InChI=1S/C17H29FN2/c1-6-11-19-16(17(2,3)4)13-20(5)12-14-9-7-8-10-15(14)18/h7-10,16,19H,6,11-13H2,1-5H3. The normalized spacial score (nSPS) is 13.8. The van der Waals surface area contributed by atoms with E-state index in [9.17, 15) is 4.39 Å².